The van der Waals surface area contributed by atoms with Crippen LogP contribution in [0.5, 0.6) is 0 Å². The van der Waals surface area contributed by atoms with Crippen molar-refractivity contribution in [3.8, 4) is 0 Å². The predicted molar refractivity (Wildman–Crippen MR) is 73.9 cm³/mol. The van der Waals surface area contributed by atoms with Crippen molar-refractivity contribution < 1.29 is 18.9 Å². The van der Waals surface area contributed by atoms with Gasteiger partial charge in [-0.15, -0.1) is 0 Å². The van der Waals surface area contributed by atoms with Crippen LogP contribution in [-0.4, -0.2) is 35.5 Å². The third-order valence-corrected chi connectivity index (χ3v) is 3.88. The summed E-state index contributed by atoms with van der Waals surface area (Å²) < 4.78 is 11.7. The van der Waals surface area contributed by atoms with Gasteiger partial charge in [0.05, 0.1) is 22.4 Å². The summed E-state index contributed by atoms with van der Waals surface area (Å²) in [6.45, 7) is 7.58. The molecule has 6 nitrogen and oxygen atoms in total. The Morgan fingerprint density at radius 1 is 1.30 bits per heavy atom. The van der Waals surface area contributed by atoms with Gasteiger partial charge in [-0.2, -0.15) is 0 Å². The molecule has 1 fully saturated rings. The third kappa shape index (κ3) is 2.23. The van der Waals surface area contributed by atoms with E-state index < -0.39 is 24.2 Å². The number of carbonyl (C=O) groups is 2. The molecule has 1 aromatic rings. The van der Waals surface area contributed by atoms with Crippen LogP contribution in [0.1, 0.15) is 48.4 Å². The van der Waals surface area contributed by atoms with E-state index in [-0.39, 0.29) is 16.7 Å². The number of nitrogens with zero attached hydrogens (tertiary/aromatic N) is 1. The van der Waals surface area contributed by atoms with Gasteiger partial charge >= 0.3 is 7.12 Å². The van der Waals surface area contributed by atoms with Crippen LogP contribution in [-0.2, 0) is 9.31 Å². The first-order chi connectivity index (χ1) is 9.19. The van der Waals surface area contributed by atoms with Gasteiger partial charge in [0, 0.05) is 11.8 Å². The van der Waals surface area contributed by atoms with Crippen molar-refractivity contribution in [2.45, 2.75) is 38.9 Å². The van der Waals surface area contributed by atoms with E-state index in [9.17, 15) is 9.59 Å². The van der Waals surface area contributed by atoms with Crippen LogP contribution in [0, 0.1) is 0 Å². The van der Waals surface area contributed by atoms with E-state index in [1.54, 1.807) is 0 Å². The Bertz CT molecular complexity index is 555. The van der Waals surface area contributed by atoms with E-state index in [0.717, 1.165) is 0 Å². The molecule has 0 unspecified atom stereocenters. The molecule has 2 rings (SSSR count). The SMILES string of the molecule is CC1(C)OB(c2nccc(C(N)=O)c2C=O)OC1(C)C. The van der Waals surface area contributed by atoms with Crippen molar-refractivity contribution in [2.24, 2.45) is 5.73 Å². The van der Waals surface area contributed by atoms with Gasteiger partial charge in [0.1, 0.15) is 0 Å². The minimum Gasteiger partial charge on any atom is -0.398 e. The first-order valence-corrected chi connectivity index (χ1v) is 6.29. The maximum atomic E-state index is 11.4. The number of rotatable bonds is 3. The lowest BCUT2D eigenvalue weighted by atomic mass is 9.79. The van der Waals surface area contributed by atoms with Crippen LogP contribution in [0.4, 0.5) is 0 Å². The summed E-state index contributed by atoms with van der Waals surface area (Å²) >= 11 is 0. The number of hydrogen-bond donors (Lipinski definition) is 1. The summed E-state index contributed by atoms with van der Waals surface area (Å²) in [7, 11) is -0.806. The molecule has 2 N–H and O–H groups in total. The zero-order valence-corrected chi connectivity index (χ0v) is 12.0. The molecule has 0 radical (unpaired) electrons. The quantitative estimate of drug-likeness (QED) is 0.633. The van der Waals surface area contributed by atoms with Gasteiger partial charge in [0.2, 0.25) is 5.91 Å². The second-order valence-corrected chi connectivity index (χ2v) is 5.73. The molecular weight excluding hydrogens is 259 g/mol. The number of primary amides is 1. The first kappa shape index (κ1) is 14.7. The molecule has 2 heterocycles. The Morgan fingerprint density at radius 3 is 2.30 bits per heavy atom. The largest absolute Gasteiger partial charge is 0.515 e. The van der Waals surface area contributed by atoms with Crippen LogP contribution in [0.3, 0.4) is 0 Å². The average molecular weight is 276 g/mol. The topological polar surface area (TPSA) is 91.5 Å². The highest BCUT2D eigenvalue weighted by Crippen LogP contribution is 2.36. The summed E-state index contributed by atoms with van der Waals surface area (Å²) in [5, 5.41) is 0. The predicted octanol–water partition coefficient (Wildman–Crippen LogP) is 0.292. The van der Waals surface area contributed by atoms with Crippen molar-refractivity contribution in [1.82, 2.24) is 4.98 Å². The van der Waals surface area contributed by atoms with Crippen molar-refractivity contribution in [3.05, 3.63) is 23.4 Å². The van der Waals surface area contributed by atoms with E-state index in [0.29, 0.717) is 6.29 Å². The van der Waals surface area contributed by atoms with Crippen LogP contribution in [0.25, 0.3) is 0 Å². The van der Waals surface area contributed by atoms with Crippen LogP contribution < -0.4 is 11.3 Å². The molecule has 1 aliphatic rings. The Hall–Kier alpha value is -1.73. The molecule has 106 valence electrons. The van der Waals surface area contributed by atoms with Gasteiger partial charge < -0.3 is 15.0 Å². The molecule has 0 spiro atoms. The summed E-state index contributed by atoms with van der Waals surface area (Å²) in [6.07, 6.45) is 1.96. The number of hydrogen-bond acceptors (Lipinski definition) is 5. The molecule has 0 saturated carbocycles. The molecule has 20 heavy (non-hydrogen) atoms. The van der Waals surface area contributed by atoms with Gasteiger partial charge in [0.15, 0.2) is 6.29 Å². The average Bonchev–Trinajstić information content (AvgIpc) is 2.57. The second kappa shape index (κ2) is 4.68. The second-order valence-electron chi connectivity index (χ2n) is 5.73. The molecule has 1 saturated heterocycles. The molecule has 1 amide bonds. The minimum atomic E-state index is -0.806. The normalized spacial score (nSPS) is 19.9. The number of amides is 1. The van der Waals surface area contributed by atoms with Gasteiger partial charge in [-0.25, -0.2) is 0 Å². The lowest BCUT2D eigenvalue weighted by molar-refractivity contribution is 0.00578. The van der Waals surface area contributed by atoms with Crippen molar-refractivity contribution in [1.29, 1.82) is 0 Å². The zero-order valence-electron chi connectivity index (χ0n) is 12.0. The smallest absolute Gasteiger partial charge is 0.398 e. The molecule has 0 aliphatic carbocycles. The fourth-order valence-corrected chi connectivity index (χ4v) is 1.97. The molecule has 1 aromatic heterocycles. The van der Waals surface area contributed by atoms with Crippen molar-refractivity contribution in [3.63, 3.8) is 0 Å². The Balaban J connectivity index is 2.48. The Morgan fingerprint density at radius 2 is 1.85 bits per heavy atom. The van der Waals surface area contributed by atoms with Gasteiger partial charge in [-0.1, -0.05) is 0 Å². The monoisotopic (exact) mass is 276 g/mol. The number of aldehydes is 1. The molecule has 0 bridgehead atoms. The number of pyridine rings is 1. The minimum absolute atomic E-state index is 0.110. The van der Waals surface area contributed by atoms with E-state index in [1.165, 1.54) is 12.3 Å². The molecular formula is C13H17BN2O4. The van der Waals surface area contributed by atoms with Crippen LogP contribution >= 0.6 is 0 Å². The lowest BCUT2D eigenvalue weighted by Crippen LogP contribution is -2.41. The van der Waals surface area contributed by atoms with Crippen LogP contribution in [0.15, 0.2) is 12.3 Å². The van der Waals surface area contributed by atoms with E-state index >= 15 is 0 Å². The maximum Gasteiger partial charge on any atom is 0.515 e. The Labute approximate surface area is 117 Å². The maximum absolute atomic E-state index is 11.4. The number of aromatic nitrogens is 1. The first-order valence-electron chi connectivity index (χ1n) is 6.29. The summed E-state index contributed by atoms with van der Waals surface area (Å²) in [4.78, 5) is 26.7. The van der Waals surface area contributed by atoms with E-state index in [2.05, 4.69) is 4.98 Å². The summed E-state index contributed by atoms with van der Waals surface area (Å²) in [5.41, 5.74) is 4.64. The highest BCUT2D eigenvalue weighted by molar-refractivity contribution is 6.62. The highest BCUT2D eigenvalue weighted by Gasteiger charge is 2.53. The molecule has 0 atom stereocenters. The van der Waals surface area contributed by atoms with Crippen molar-refractivity contribution >= 4 is 24.9 Å². The number of carbonyl (C=O) groups excluding carboxylic acids is 2. The fraction of sp³-hybridized carbons (Fsp3) is 0.462. The zero-order chi connectivity index (χ0) is 15.1. The molecule has 7 heteroatoms. The number of nitrogens with two attached hydrogens (primary N) is 1. The van der Waals surface area contributed by atoms with Gasteiger partial charge in [-0.3, -0.25) is 14.6 Å². The van der Waals surface area contributed by atoms with Crippen molar-refractivity contribution in [2.75, 3.05) is 0 Å². The Kier molecular flexibility index (Phi) is 3.43. The van der Waals surface area contributed by atoms with E-state index in [4.69, 9.17) is 15.0 Å². The van der Waals surface area contributed by atoms with E-state index in [1.807, 2.05) is 27.7 Å². The van der Waals surface area contributed by atoms with Gasteiger partial charge in [0.25, 0.3) is 0 Å². The molecule has 1 aliphatic heterocycles. The third-order valence-electron chi connectivity index (χ3n) is 3.88. The van der Waals surface area contributed by atoms with Gasteiger partial charge in [-0.05, 0) is 33.8 Å². The molecule has 0 aromatic carbocycles. The highest BCUT2D eigenvalue weighted by atomic mass is 16.7. The summed E-state index contributed by atoms with van der Waals surface area (Å²) in [6, 6.07) is 1.40. The van der Waals surface area contributed by atoms with Crippen LogP contribution in [0.2, 0.25) is 0 Å². The standard InChI is InChI=1S/C13H17BN2O4/c1-12(2)13(3,4)20-14(19-12)10-9(7-17)8(11(15)18)5-6-16-10/h5-7H,1-4H3,(H2,15,18). The lowest BCUT2D eigenvalue weighted by Gasteiger charge is -2.32. The fourth-order valence-electron chi connectivity index (χ4n) is 1.97. The summed E-state index contributed by atoms with van der Waals surface area (Å²) in [5.74, 6) is -0.688.